The van der Waals surface area contributed by atoms with E-state index in [9.17, 15) is 0 Å². The van der Waals surface area contributed by atoms with E-state index >= 15 is 0 Å². The zero-order valence-electron chi connectivity index (χ0n) is 6.24. The van der Waals surface area contributed by atoms with E-state index in [2.05, 4.69) is 13.8 Å². The highest BCUT2D eigenvalue weighted by atomic mass is 28.2. The normalized spacial score (nSPS) is 11.2. The molecule has 8 heavy (non-hydrogen) atoms. The molecule has 0 nitrogen and oxygen atoms in total. The molecule has 0 aromatic heterocycles. The molecule has 50 valence electrons. The molecule has 0 aromatic rings. The van der Waals surface area contributed by atoms with Crippen molar-refractivity contribution in [1.82, 2.24) is 0 Å². The SMILES string of the molecule is CCCC[SiH2]CCC. The van der Waals surface area contributed by atoms with Crippen LogP contribution in [0.1, 0.15) is 33.1 Å². The molecule has 0 spiro atoms. The lowest BCUT2D eigenvalue weighted by Gasteiger charge is -1.92. The average molecular weight is 130 g/mol. The third kappa shape index (κ3) is 6.22. The lowest BCUT2D eigenvalue weighted by atomic mass is 10.4. The van der Waals surface area contributed by atoms with Crippen LogP contribution in [0.25, 0.3) is 0 Å². The first-order valence-corrected chi connectivity index (χ1v) is 5.91. The fourth-order valence-electron chi connectivity index (χ4n) is 0.854. The predicted molar refractivity (Wildman–Crippen MR) is 43.4 cm³/mol. The summed E-state index contributed by atoms with van der Waals surface area (Å²) in [4.78, 5) is 0. The molecule has 0 aliphatic rings. The molecule has 0 fully saturated rings. The standard InChI is InChI=1S/C7H18Si/c1-3-5-7-8-6-4-2/h3-8H2,1-2H3. The van der Waals surface area contributed by atoms with Crippen LogP contribution in [-0.4, -0.2) is 9.52 Å². The van der Waals surface area contributed by atoms with Crippen LogP contribution in [0.2, 0.25) is 12.1 Å². The van der Waals surface area contributed by atoms with Gasteiger partial charge in [0, 0.05) is 9.52 Å². The summed E-state index contributed by atoms with van der Waals surface area (Å²) in [6.45, 7) is 4.57. The van der Waals surface area contributed by atoms with Gasteiger partial charge >= 0.3 is 0 Å². The van der Waals surface area contributed by atoms with Crippen LogP contribution >= 0.6 is 0 Å². The van der Waals surface area contributed by atoms with Crippen LogP contribution in [0.4, 0.5) is 0 Å². The van der Waals surface area contributed by atoms with E-state index in [1.165, 1.54) is 19.3 Å². The van der Waals surface area contributed by atoms with Crippen LogP contribution in [0, 0.1) is 0 Å². The Balaban J connectivity index is 2.53. The molecule has 0 aliphatic carbocycles. The molecular formula is C7H18Si. The third-order valence-corrected chi connectivity index (χ3v) is 3.66. The Morgan fingerprint density at radius 1 is 1.00 bits per heavy atom. The average Bonchev–Trinajstić information content (AvgIpc) is 1.81. The summed E-state index contributed by atoms with van der Waals surface area (Å²) in [5.41, 5.74) is 0. The van der Waals surface area contributed by atoms with Gasteiger partial charge in [-0.05, 0) is 0 Å². The van der Waals surface area contributed by atoms with Gasteiger partial charge < -0.3 is 0 Å². The van der Waals surface area contributed by atoms with Crippen molar-refractivity contribution >= 4 is 9.52 Å². The van der Waals surface area contributed by atoms with Crippen LogP contribution in [0.3, 0.4) is 0 Å². The van der Waals surface area contributed by atoms with Crippen LogP contribution in [0.5, 0.6) is 0 Å². The molecule has 0 amide bonds. The Kier molecular flexibility index (Phi) is 7.41. The van der Waals surface area contributed by atoms with Gasteiger partial charge in [-0.2, -0.15) is 0 Å². The van der Waals surface area contributed by atoms with Crippen LogP contribution in [-0.2, 0) is 0 Å². The van der Waals surface area contributed by atoms with Crippen LogP contribution < -0.4 is 0 Å². The molecule has 0 radical (unpaired) electrons. The van der Waals surface area contributed by atoms with Crippen molar-refractivity contribution in [3.63, 3.8) is 0 Å². The summed E-state index contributed by atoms with van der Waals surface area (Å²) >= 11 is 0. The van der Waals surface area contributed by atoms with Crippen molar-refractivity contribution < 1.29 is 0 Å². The highest BCUT2D eigenvalue weighted by Crippen LogP contribution is 1.97. The van der Waals surface area contributed by atoms with E-state index in [-0.39, 0.29) is 0 Å². The van der Waals surface area contributed by atoms with Gasteiger partial charge in [0.15, 0.2) is 0 Å². The fraction of sp³-hybridized carbons (Fsp3) is 1.00. The van der Waals surface area contributed by atoms with Crippen molar-refractivity contribution in [3.8, 4) is 0 Å². The zero-order chi connectivity index (χ0) is 6.24. The van der Waals surface area contributed by atoms with E-state index in [1.54, 1.807) is 12.1 Å². The molecule has 0 saturated carbocycles. The van der Waals surface area contributed by atoms with E-state index < -0.39 is 0 Å². The Morgan fingerprint density at radius 2 is 1.75 bits per heavy atom. The van der Waals surface area contributed by atoms with Gasteiger partial charge in [0.25, 0.3) is 0 Å². The Hall–Kier alpha value is 0.217. The van der Waals surface area contributed by atoms with Crippen molar-refractivity contribution in [2.24, 2.45) is 0 Å². The first-order chi connectivity index (χ1) is 3.91. The summed E-state index contributed by atoms with van der Waals surface area (Å²) in [7, 11) is 0.400. The second-order valence-corrected chi connectivity index (χ2v) is 4.54. The quantitative estimate of drug-likeness (QED) is 0.395. The van der Waals surface area contributed by atoms with E-state index in [0.717, 1.165) is 0 Å². The number of hydrogen-bond acceptors (Lipinski definition) is 0. The topological polar surface area (TPSA) is 0 Å². The smallest absolute Gasteiger partial charge is 0.0197 e. The molecular weight excluding hydrogens is 112 g/mol. The minimum atomic E-state index is 0.400. The van der Waals surface area contributed by atoms with Gasteiger partial charge in [-0.15, -0.1) is 0 Å². The Labute approximate surface area is 55.5 Å². The first-order valence-electron chi connectivity index (χ1n) is 3.91. The molecule has 0 heterocycles. The Morgan fingerprint density at radius 3 is 2.25 bits per heavy atom. The molecule has 0 rings (SSSR count). The maximum absolute atomic E-state index is 2.29. The molecule has 1 heteroatoms. The third-order valence-electron chi connectivity index (χ3n) is 1.46. The lowest BCUT2D eigenvalue weighted by molar-refractivity contribution is 0.874. The fourth-order valence-corrected chi connectivity index (χ4v) is 2.56. The maximum atomic E-state index is 2.29. The number of rotatable bonds is 5. The van der Waals surface area contributed by atoms with Gasteiger partial charge in [-0.3, -0.25) is 0 Å². The van der Waals surface area contributed by atoms with Gasteiger partial charge in [0.05, 0.1) is 0 Å². The molecule has 0 saturated heterocycles. The van der Waals surface area contributed by atoms with Crippen molar-refractivity contribution in [2.45, 2.75) is 45.2 Å². The van der Waals surface area contributed by atoms with Gasteiger partial charge in [-0.1, -0.05) is 45.2 Å². The minimum Gasteiger partial charge on any atom is -0.0657 e. The minimum absolute atomic E-state index is 0.400. The van der Waals surface area contributed by atoms with E-state index in [4.69, 9.17) is 0 Å². The molecule has 0 atom stereocenters. The number of unbranched alkanes of at least 4 members (excludes halogenated alkanes) is 1. The monoisotopic (exact) mass is 130 g/mol. The van der Waals surface area contributed by atoms with Crippen molar-refractivity contribution in [2.75, 3.05) is 0 Å². The highest BCUT2D eigenvalue weighted by molar-refractivity contribution is 6.35. The zero-order valence-corrected chi connectivity index (χ0v) is 7.66. The van der Waals surface area contributed by atoms with Gasteiger partial charge in [0.1, 0.15) is 0 Å². The summed E-state index contributed by atoms with van der Waals surface area (Å²) in [6.07, 6.45) is 4.32. The molecule has 0 aromatic carbocycles. The first kappa shape index (κ1) is 8.22. The van der Waals surface area contributed by atoms with Gasteiger partial charge in [0.2, 0.25) is 0 Å². The number of hydrogen-bond donors (Lipinski definition) is 0. The lowest BCUT2D eigenvalue weighted by Crippen LogP contribution is -1.85. The predicted octanol–water partition coefficient (Wildman–Crippen LogP) is 2.20. The summed E-state index contributed by atoms with van der Waals surface area (Å²) in [5.74, 6) is 0. The van der Waals surface area contributed by atoms with Crippen LogP contribution in [0.15, 0.2) is 0 Å². The second kappa shape index (κ2) is 7.22. The molecule has 0 aliphatic heterocycles. The summed E-state index contributed by atoms with van der Waals surface area (Å²) < 4.78 is 0. The largest absolute Gasteiger partial charge is 0.0657 e. The van der Waals surface area contributed by atoms with E-state index in [0.29, 0.717) is 9.52 Å². The Bertz CT molecular complexity index is 29.4. The van der Waals surface area contributed by atoms with Gasteiger partial charge in [-0.25, -0.2) is 0 Å². The maximum Gasteiger partial charge on any atom is 0.0197 e. The molecule has 0 bridgehead atoms. The van der Waals surface area contributed by atoms with Crippen molar-refractivity contribution in [3.05, 3.63) is 0 Å². The highest BCUT2D eigenvalue weighted by Gasteiger charge is 1.84. The summed E-state index contributed by atoms with van der Waals surface area (Å²) in [5, 5.41) is 0. The molecule has 0 unspecified atom stereocenters. The van der Waals surface area contributed by atoms with E-state index in [1.807, 2.05) is 0 Å². The molecule has 0 N–H and O–H groups in total. The second-order valence-electron chi connectivity index (χ2n) is 2.41. The summed E-state index contributed by atoms with van der Waals surface area (Å²) in [6, 6.07) is 3.16. The van der Waals surface area contributed by atoms with Crippen molar-refractivity contribution in [1.29, 1.82) is 0 Å².